The van der Waals surface area contributed by atoms with E-state index in [1.165, 1.54) is 38.8 Å². The normalized spacial score (nSPS) is 28.0. The van der Waals surface area contributed by atoms with Crippen molar-refractivity contribution < 1.29 is 5.11 Å². The number of hydrogen-bond acceptors (Lipinski definition) is 3. The quantitative estimate of drug-likeness (QED) is 0.759. The minimum atomic E-state index is -0.0315. The predicted octanol–water partition coefficient (Wildman–Crippen LogP) is 1.86. The van der Waals surface area contributed by atoms with E-state index < -0.39 is 0 Å². The standard InChI is InChI=1S/C15H30N2O/c1-4-16-15(12-18,13-5-6-13)11-17-9-7-14(2,3)8-10-17/h13,16,18H,4-12H2,1-3H3. The highest BCUT2D eigenvalue weighted by molar-refractivity contribution is 5.03. The van der Waals surface area contributed by atoms with Gasteiger partial charge in [-0.2, -0.15) is 0 Å². The molecule has 106 valence electrons. The van der Waals surface area contributed by atoms with Gasteiger partial charge in [0.1, 0.15) is 0 Å². The first kappa shape index (κ1) is 14.3. The van der Waals surface area contributed by atoms with Crippen LogP contribution in [0.5, 0.6) is 0 Å². The summed E-state index contributed by atoms with van der Waals surface area (Å²) in [6.07, 6.45) is 5.14. The average Bonchev–Trinajstić information content (AvgIpc) is 3.15. The first-order valence-corrected chi connectivity index (χ1v) is 7.59. The third kappa shape index (κ3) is 3.25. The number of rotatable bonds is 6. The number of hydrogen-bond donors (Lipinski definition) is 2. The van der Waals surface area contributed by atoms with E-state index in [9.17, 15) is 5.11 Å². The summed E-state index contributed by atoms with van der Waals surface area (Å²) >= 11 is 0. The molecule has 1 saturated carbocycles. The maximum Gasteiger partial charge on any atom is 0.0628 e. The fourth-order valence-corrected chi connectivity index (χ4v) is 3.27. The van der Waals surface area contributed by atoms with Crippen molar-refractivity contribution in [2.24, 2.45) is 11.3 Å². The fourth-order valence-electron chi connectivity index (χ4n) is 3.27. The summed E-state index contributed by atoms with van der Waals surface area (Å²) < 4.78 is 0. The van der Waals surface area contributed by atoms with E-state index in [-0.39, 0.29) is 12.1 Å². The largest absolute Gasteiger partial charge is 0.394 e. The van der Waals surface area contributed by atoms with Crippen LogP contribution in [0.2, 0.25) is 0 Å². The molecule has 1 saturated heterocycles. The Morgan fingerprint density at radius 1 is 1.28 bits per heavy atom. The molecule has 0 aromatic carbocycles. The molecule has 1 aliphatic carbocycles. The van der Waals surface area contributed by atoms with Gasteiger partial charge in [0, 0.05) is 6.54 Å². The lowest BCUT2D eigenvalue weighted by Crippen LogP contribution is -2.59. The molecular formula is C15H30N2O. The molecular weight excluding hydrogens is 224 g/mol. The molecule has 0 radical (unpaired) electrons. The zero-order valence-electron chi connectivity index (χ0n) is 12.3. The first-order chi connectivity index (χ1) is 8.51. The molecule has 2 N–H and O–H groups in total. The second kappa shape index (κ2) is 5.48. The molecule has 0 amide bonds. The molecule has 1 aliphatic heterocycles. The van der Waals surface area contributed by atoms with Crippen LogP contribution < -0.4 is 5.32 Å². The van der Waals surface area contributed by atoms with Gasteiger partial charge in [-0.15, -0.1) is 0 Å². The second-order valence-electron chi connectivity index (χ2n) is 7.06. The van der Waals surface area contributed by atoms with Crippen molar-refractivity contribution in [2.45, 2.75) is 52.0 Å². The molecule has 2 rings (SSSR count). The Morgan fingerprint density at radius 2 is 1.89 bits per heavy atom. The molecule has 2 aliphatic rings. The Hall–Kier alpha value is -0.120. The van der Waals surface area contributed by atoms with Crippen LogP contribution in [0.3, 0.4) is 0 Å². The Labute approximate surface area is 112 Å². The molecule has 0 aromatic heterocycles. The number of likely N-dealkylation sites (tertiary alicyclic amines) is 1. The summed E-state index contributed by atoms with van der Waals surface area (Å²) in [5.41, 5.74) is 0.479. The Bertz CT molecular complexity index is 266. The topological polar surface area (TPSA) is 35.5 Å². The maximum absolute atomic E-state index is 9.86. The predicted molar refractivity (Wildman–Crippen MR) is 75.7 cm³/mol. The van der Waals surface area contributed by atoms with Crippen LogP contribution in [-0.4, -0.2) is 48.3 Å². The summed E-state index contributed by atoms with van der Waals surface area (Å²) in [6, 6.07) is 0. The van der Waals surface area contributed by atoms with E-state index in [1.807, 2.05) is 0 Å². The van der Waals surface area contributed by atoms with Gasteiger partial charge in [-0.05, 0) is 56.7 Å². The number of likely N-dealkylation sites (N-methyl/N-ethyl adjacent to an activating group) is 1. The van der Waals surface area contributed by atoms with E-state index in [0.29, 0.717) is 11.3 Å². The van der Waals surface area contributed by atoms with Gasteiger partial charge in [0.05, 0.1) is 12.1 Å². The van der Waals surface area contributed by atoms with Gasteiger partial charge in [0.2, 0.25) is 0 Å². The number of aliphatic hydroxyl groups is 1. The van der Waals surface area contributed by atoms with E-state index in [0.717, 1.165) is 13.1 Å². The van der Waals surface area contributed by atoms with Crippen molar-refractivity contribution in [2.75, 3.05) is 32.8 Å². The van der Waals surface area contributed by atoms with Crippen molar-refractivity contribution in [3.8, 4) is 0 Å². The summed E-state index contributed by atoms with van der Waals surface area (Å²) in [7, 11) is 0. The Kier molecular flexibility index (Phi) is 4.35. The Balaban J connectivity index is 1.93. The van der Waals surface area contributed by atoms with Crippen molar-refractivity contribution in [3.05, 3.63) is 0 Å². The smallest absolute Gasteiger partial charge is 0.0628 e. The summed E-state index contributed by atoms with van der Waals surface area (Å²) in [5, 5.41) is 13.4. The van der Waals surface area contributed by atoms with Gasteiger partial charge in [-0.3, -0.25) is 0 Å². The molecule has 2 fully saturated rings. The highest BCUT2D eigenvalue weighted by atomic mass is 16.3. The van der Waals surface area contributed by atoms with Gasteiger partial charge in [0.25, 0.3) is 0 Å². The van der Waals surface area contributed by atoms with Crippen LogP contribution >= 0.6 is 0 Å². The zero-order valence-corrected chi connectivity index (χ0v) is 12.3. The van der Waals surface area contributed by atoms with Crippen molar-refractivity contribution in [1.82, 2.24) is 10.2 Å². The molecule has 1 heterocycles. The monoisotopic (exact) mass is 254 g/mol. The number of nitrogens with one attached hydrogen (secondary N) is 1. The van der Waals surface area contributed by atoms with Crippen LogP contribution in [0.15, 0.2) is 0 Å². The first-order valence-electron chi connectivity index (χ1n) is 7.59. The number of aliphatic hydroxyl groups excluding tert-OH is 1. The lowest BCUT2D eigenvalue weighted by molar-refractivity contribution is 0.0588. The third-order valence-corrected chi connectivity index (χ3v) is 4.89. The second-order valence-corrected chi connectivity index (χ2v) is 7.06. The molecule has 3 nitrogen and oxygen atoms in total. The lowest BCUT2D eigenvalue weighted by atomic mass is 9.82. The highest BCUT2D eigenvalue weighted by Crippen LogP contribution is 2.41. The van der Waals surface area contributed by atoms with Gasteiger partial charge in [0.15, 0.2) is 0 Å². The van der Waals surface area contributed by atoms with E-state index in [2.05, 4.69) is 31.0 Å². The Morgan fingerprint density at radius 3 is 2.33 bits per heavy atom. The van der Waals surface area contributed by atoms with E-state index in [4.69, 9.17) is 0 Å². The minimum absolute atomic E-state index is 0.0315. The molecule has 18 heavy (non-hydrogen) atoms. The van der Waals surface area contributed by atoms with E-state index in [1.54, 1.807) is 0 Å². The van der Waals surface area contributed by atoms with Crippen molar-refractivity contribution >= 4 is 0 Å². The van der Waals surface area contributed by atoms with Gasteiger partial charge < -0.3 is 15.3 Å². The minimum Gasteiger partial charge on any atom is -0.394 e. The highest BCUT2D eigenvalue weighted by Gasteiger charge is 2.45. The van der Waals surface area contributed by atoms with Crippen LogP contribution in [0.4, 0.5) is 0 Å². The van der Waals surface area contributed by atoms with Crippen LogP contribution in [0.25, 0.3) is 0 Å². The van der Waals surface area contributed by atoms with Crippen LogP contribution in [0.1, 0.15) is 46.5 Å². The fraction of sp³-hybridized carbons (Fsp3) is 1.00. The molecule has 0 bridgehead atoms. The van der Waals surface area contributed by atoms with Crippen LogP contribution in [0, 0.1) is 11.3 Å². The van der Waals surface area contributed by atoms with Crippen LogP contribution in [-0.2, 0) is 0 Å². The van der Waals surface area contributed by atoms with E-state index >= 15 is 0 Å². The maximum atomic E-state index is 9.86. The van der Waals surface area contributed by atoms with Gasteiger partial charge in [-0.25, -0.2) is 0 Å². The molecule has 1 unspecified atom stereocenters. The summed E-state index contributed by atoms with van der Waals surface area (Å²) in [5.74, 6) is 0.692. The number of nitrogens with zero attached hydrogens (tertiary/aromatic N) is 1. The van der Waals surface area contributed by atoms with Crippen molar-refractivity contribution in [3.63, 3.8) is 0 Å². The van der Waals surface area contributed by atoms with Gasteiger partial charge >= 0.3 is 0 Å². The molecule has 1 atom stereocenters. The zero-order chi connectivity index (χ0) is 13.2. The molecule has 0 spiro atoms. The lowest BCUT2D eigenvalue weighted by Gasteiger charge is -2.43. The SMILES string of the molecule is CCNC(CO)(CN1CCC(C)(C)CC1)C1CC1. The number of piperidine rings is 1. The summed E-state index contributed by atoms with van der Waals surface area (Å²) in [6.45, 7) is 11.5. The van der Waals surface area contributed by atoms with Gasteiger partial charge in [-0.1, -0.05) is 20.8 Å². The summed E-state index contributed by atoms with van der Waals surface area (Å²) in [4.78, 5) is 2.56. The average molecular weight is 254 g/mol. The third-order valence-electron chi connectivity index (χ3n) is 4.89. The van der Waals surface area contributed by atoms with Crippen molar-refractivity contribution in [1.29, 1.82) is 0 Å². The molecule has 0 aromatic rings. The molecule has 3 heteroatoms.